The molecule has 0 spiro atoms. The Labute approximate surface area is 136 Å². The molecular formula is C18H20N4O. The van der Waals surface area contributed by atoms with Crippen LogP contribution in [0.15, 0.2) is 24.3 Å². The number of rotatable bonds is 3. The fraction of sp³-hybridized carbons (Fsp3) is 0.500. The molecule has 1 aromatic rings. The number of amides is 1. The zero-order valence-corrected chi connectivity index (χ0v) is 13.3. The maximum atomic E-state index is 12.7. The normalized spacial score (nSPS) is 24.7. The molecule has 0 radical (unpaired) electrons. The Hall–Kier alpha value is -2.37. The number of carbonyl (C=O) groups is 1. The summed E-state index contributed by atoms with van der Waals surface area (Å²) in [7, 11) is 2.12. The molecule has 5 heteroatoms. The van der Waals surface area contributed by atoms with Crippen LogP contribution >= 0.6 is 0 Å². The molecule has 0 aliphatic carbocycles. The second kappa shape index (κ2) is 6.40. The zero-order valence-electron chi connectivity index (χ0n) is 13.3. The van der Waals surface area contributed by atoms with Gasteiger partial charge in [-0.1, -0.05) is 12.1 Å². The number of nitrogens with zero attached hydrogens (tertiary/aromatic N) is 4. The van der Waals surface area contributed by atoms with Gasteiger partial charge in [0.05, 0.1) is 17.7 Å². The topological polar surface area (TPSA) is 71.1 Å². The first-order valence-electron chi connectivity index (χ1n) is 7.96. The molecule has 1 aromatic carbocycles. The minimum atomic E-state index is -0.639. The third-order valence-electron chi connectivity index (χ3n) is 4.96. The van der Waals surface area contributed by atoms with Crippen molar-refractivity contribution in [2.24, 2.45) is 17.8 Å². The highest BCUT2D eigenvalue weighted by molar-refractivity contribution is 5.82. The molecule has 5 nitrogen and oxygen atoms in total. The Bertz CT molecular complexity index is 656. The number of carbonyl (C=O) groups excluding carboxylic acids is 1. The Kier molecular flexibility index (Phi) is 4.32. The molecule has 3 rings (SSSR count). The lowest BCUT2D eigenvalue weighted by molar-refractivity contribution is -0.133. The largest absolute Gasteiger partial charge is 0.341 e. The van der Waals surface area contributed by atoms with Gasteiger partial charge in [0.15, 0.2) is 0 Å². The molecule has 0 bridgehead atoms. The number of hydrogen-bond donors (Lipinski definition) is 0. The number of hydrogen-bond acceptors (Lipinski definition) is 4. The van der Waals surface area contributed by atoms with E-state index in [1.165, 1.54) is 0 Å². The lowest BCUT2D eigenvalue weighted by atomic mass is 9.98. The second-order valence-electron chi connectivity index (χ2n) is 6.68. The summed E-state index contributed by atoms with van der Waals surface area (Å²) in [4.78, 5) is 16.8. The van der Waals surface area contributed by atoms with Gasteiger partial charge >= 0.3 is 0 Å². The van der Waals surface area contributed by atoms with Crippen molar-refractivity contribution < 1.29 is 4.79 Å². The molecular weight excluding hydrogens is 288 g/mol. The van der Waals surface area contributed by atoms with E-state index in [-0.39, 0.29) is 5.91 Å². The van der Waals surface area contributed by atoms with E-state index < -0.39 is 5.92 Å². The minimum absolute atomic E-state index is 0.0473. The third-order valence-corrected chi connectivity index (χ3v) is 4.96. The number of likely N-dealkylation sites (tertiary alicyclic amines) is 2. The van der Waals surface area contributed by atoms with Crippen LogP contribution in [0.1, 0.15) is 11.1 Å². The van der Waals surface area contributed by atoms with Gasteiger partial charge in [0, 0.05) is 26.2 Å². The third kappa shape index (κ3) is 3.21. The van der Waals surface area contributed by atoms with Gasteiger partial charge in [-0.15, -0.1) is 0 Å². The van der Waals surface area contributed by atoms with Crippen LogP contribution in [0.4, 0.5) is 0 Å². The molecule has 3 atom stereocenters. The van der Waals surface area contributed by atoms with Crippen LogP contribution < -0.4 is 0 Å². The van der Waals surface area contributed by atoms with E-state index in [2.05, 4.69) is 24.1 Å². The maximum Gasteiger partial charge on any atom is 0.240 e. The minimum Gasteiger partial charge on any atom is -0.341 e. The monoisotopic (exact) mass is 308 g/mol. The van der Waals surface area contributed by atoms with Crippen molar-refractivity contribution in [3.05, 3.63) is 35.4 Å². The van der Waals surface area contributed by atoms with Gasteiger partial charge in [-0.2, -0.15) is 10.5 Å². The van der Waals surface area contributed by atoms with Crippen molar-refractivity contribution in [1.82, 2.24) is 9.80 Å². The predicted molar refractivity (Wildman–Crippen MR) is 85.0 cm³/mol. The van der Waals surface area contributed by atoms with Gasteiger partial charge < -0.3 is 9.80 Å². The van der Waals surface area contributed by atoms with Gasteiger partial charge in [0.2, 0.25) is 5.91 Å². The molecule has 1 amide bonds. The molecule has 2 aliphatic rings. The maximum absolute atomic E-state index is 12.7. The predicted octanol–water partition coefficient (Wildman–Crippen LogP) is 1.26. The average Bonchev–Trinajstić information content (AvgIpc) is 3.09. The Morgan fingerprint density at radius 1 is 1.17 bits per heavy atom. The lowest BCUT2D eigenvalue weighted by Crippen LogP contribution is -2.37. The molecule has 0 N–H and O–H groups in total. The van der Waals surface area contributed by atoms with Crippen molar-refractivity contribution in [1.29, 1.82) is 10.5 Å². The summed E-state index contributed by atoms with van der Waals surface area (Å²) < 4.78 is 0. The molecule has 2 heterocycles. The van der Waals surface area contributed by atoms with Crippen LogP contribution in [0.2, 0.25) is 0 Å². The van der Waals surface area contributed by atoms with E-state index in [1.807, 2.05) is 17.0 Å². The van der Waals surface area contributed by atoms with Gasteiger partial charge in [0.25, 0.3) is 0 Å². The first-order valence-corrected chi connectivity index (χ1v) is 7.96. The van der Waals surface area contributed by atoms with Gasteiger partial charge in [0.1, 0.15) is 5.92 Å². The van der Waals surface area contributed by atoms with Gasteiger partial charge in [-0.05, 0) is 43.0 Å². The van der Waals surface area contributed by atoms with Crippen LogP contribution in [-0.2, 0) is 11.2 Å². The zero-order chi connectivity index (χ0) is 16.4. The van der Waals surface area contributed by atoms with Crippen molar-refractivity contribution in [3.8, 4) is 12.1 Å². The highest BCUT2D eigenvalue weighted by Crippen LogP contribution is 2.31. The van der Waals surface area contributed by atoms with E-state index in [0.717, 1.165) is 31.7 Å². The Morgan fingerprint density at radius 2 is 1.78 bits per heavy atom. The quantitative estimate of drug-likeness (QED) is 0.843. The van der Waals surface area contributed by atoms with Crippen molar-refractivity contribution >= 4 is 5.91 Å². The van der Waals surface area contributed by atoms with E-state index in [4.69, 9.17) is 5.26 Å². The molecule has 2 saturated heterocycles. The Balaban J connectivity index is 1.63. The van der Waals surface area contributed by atoms with Crippen molar-refractivity contribution in [3.63, 3.8) is 0 Å². The number of nitriles is 2. The van der Waals surface area contributed by atoms with Crippen LogP contribution in [0, 0.1) is 40.4 Å². The van der Waals surface area contributed by atoms with Crippen molar-refractivity contribution in [2.45, 2.75) is 6.42 Å². The first kappa shape index (κ1) is 15.5. The Morgan fingerprint density at radius 3 is 2.30 bits per heavy atom. The van der Waals surface area contributed by atoms with Gasteiger partial charge in [-0.3, -0.25) is 4.79 Å². The smallest absolute Gasteiger partial charge is 0.240 e. The summed E-state index contributed by atoms with van der Waals surface area (Å²) in [5, 5.41) is 18.2. The van der Waals surface area contributed by atoms with Crippen molar-refractivity contribution in [2.75, 3.05) is 33.2 Å². The summed E-state index contributed by atoms with van der Waals surface area (Å²) in [6, 6.07) is 11.3. The highest BCUT2D eigenvalue weighted by Gasteiger charge is 2.41. The summed E-state index contributed by atoms with van der Waals surface area (Å²) in [5.74, 6) is 0.421. The molecule has 2 aliphatic heterocycles. The number of benzene rings is 1. The first-order chi connectivity index (χ1) is 11.1. The summed E-state index contributed by atoms with van der Waals surface area (Å²) in [6.45, 7) is 3.64. The fourth-order valence-electron chi connectivity index (χ4n) is 3.77. The van der Waals surface area contributed by atoms with E-state index in [9.17, 15) is 10.1 Å². The van der Waals surface area contributed by atoms with Crippen LogP contribution in [0.5, 0.6) is 0 Å². The molecule has 0 aromatic heterocycles. The van der Waals surface area contributed by atoms with E-state index >= 15 is 0 Å². The van der Waals surface area contributed by atoms with E-state index in [0.29, 0.717) is 23.8 Å². The van der Waals surface area contributed by atoms with Crippen LogP contribution in [0.25, 0.3) is 0 Å². The molecule has 118 valence electrons. The van der Waals surface area contributed by atoms with Crippen LogP contribution in [0.3, 0.4) is 0 Å². The van der Waals surface area contributed by atoms with Gasteiger partial charge in [-0.25, -0.2) is 0 Å². The SMILES string of the molecule is CN1C[C@@H]2CN(C(=O)[C@@H](C#N)Cc3ccc(C#N)cc3)C[C@@H]2C1. The summed E-state index contributed by atoms with van der Waals surface area (Å²) >= 11 is 0. The molecule has 2 fully saturated rings. The average molecular weight is 308 g/mol. The second-order valence-corrected chi connectivity index (χ2v) is 6.68. The molecule has 0 saturated carbocycles. The summed E-state index contributed by atoms with van der Waals surface area (Å²) in [6.07, 6.45) is 0.410. The molecule has 0 unspecified atom stereocenters. The summed E-state index contributed by atoms with van der Waals surface area (Å²) in [5.41, 5.74) is 1.51. The number of fused-ring (bicyclic) bond motifs is 1. The fourth-order valence-corrected chi connectivity index (χ4v) is 3.77. The lowest BCUT2D eigenvalue weighted by Gasteiger charge is -2.21. The standard InChI is InChI=1S/C18H20N4O/c1-21-9-16-11-22(12-17(16)10-21)18(23)15(8-20)6-13-2-4-14(7-19)5-3-13/h2-5,15-17H,6,9-12H2,1H3/t15-,16-,17+/m1/s1. The molecule has 23 heavy (non-hydrogen) atoms. The van der Waals surface area contributed by atoms with Crippen LogP contribution in [-0.4, -0.2) is 48.9 Å². The highest BCUT2D eigenvalue weighted by atomic mass is 16.2. The van der Waals surface area contributed by atoms with E-state index in [1.54, 1.807) is 12.1 Å².